The zero-order chi connectivity index (χ0) is 8.39. The van der Waals surface area contributed by atoms with Gasteiger partial charge in [-0.05, 0) is 25.9 Å². The van der Waals surface area contributed by atoms with Crippen LogP contribution in [-0.4, -0.2) is 22.6 Å². The van der Waals surface area contributed by atoms with Crippen LogP contribution in [0.5, 0.6) is 0 Å². The van der Waals surface area contributed by atoms with Gasteiger partial charge in [-0.1, -0.05) is 0 Å². The lowest BCUT2D eigenvalue weighted by Crippen LogP contribution is -2.27. The molecule has 1 aromatic rings. The predicted octanol–water partition coefficient (Wildman–Crippen LogP) is 1.31. The number of aryl methyl sites for hydroxylation is 1. The molecule has 0 bridgehead atoms. The molecule has 1 saturated heterocycles. The van der Waals surface area contributed by atoms with Gasteiger partial charge in [0, 0.05) is 25.4 Å². The lowest BCUT2D eigenvalue weighted by molar-refractivity contribution is 0.437. The molecule has 13 heavy (non-hydrogen) atoms. The Hall–Kier alpha value is -0.540. The summed E-state index contributed by atoms with van der Waals surface area (Å²) in [6.07, 6.45) is 6.37. The van der Waals surface area contributed by atoms with Crippen molar-refractivity contribution in [3.05, 3.63) is 18.2 Å². The fourth-order valence-electron chi connectivity index (χ4n) is 1.85. The summed E-state index contributed by atoms with van der Waals surface area (Å²) < 4.78 is 2.13. The number of nitrogens with one attached hydrogen (secondary N) is 1. The average molecular weight is 202 g/mol. The van der Waals surface area contributed by atoms with E-state index < -0.39 is 0 Å². The Bertz CT molecular complexity index is 253. The second-order valence-corrected chi connectivity index (χ2v) is 3.42. The molecule has 1 N–H and O–H groups in total. The first-order chi connectivity index (χ1) is 5.88. The van der Waals surface area contributed by atoms with Crippen LogP contribution in [0.3, 0.4) is 0 Å². The first kappa shape index (κ1) is 10.5. The molecule has 0 radical (unpaired) electrons. The summed E-state index contributed by atoms with van der Waals surface area (Å²) in [5.41, 5.74) is 0. The number of hydrogen-bond donors (Lipinski definition) is 1. The largest absolute Gasteiger partial charge is 0.338 e. The topological polar surface area (TPSA) is 29.9 Å². The second-order valence-electron chi connectivity index (χ2n) is 3.42. The van der Waals surface area contributed by atoms with Crippen LogP contribution in [-0.2, 0) is 7.05 Å². The van der Waals surface area contributed by atoms with Crippen molar-refractivity contribution in [1.29, 1.82) is 0 Å². The van der Waals surface area contributed by atoms with Crippen molar-refractivity contribution in [3.8, 4) is 0 Å². The third-order valence-corrected chi connectivity index (χ3v) is 2.56. The summed E-state index contributed by atoms with van der Waals surface area (Å²) in [4.78, 5) is 4.37. The van der Waals surface area contributed by atoms with Gasteiger partial charge in [-0.15, -0.1) is 12.4 Å². The number of imidazole rings is 1. The van der Waals surface area contributed by atoms with Gasteiger partial charge in [-0.2, -0.15) is 0 Å². The first-order valence-corrected chi connectivity index (χ1v) is 4.56. The smallest absolute Gasteiger partial charge is 0.111 e. The number of rotatable bonds is 1. The van der Waals surface area contributed by atoms with E-state index in [1.54, 1.807) is 0 Å². The predicted molar refractivity (Wildman–Crippen MR) is 55.3 cm³/mol. The minimum absolute atomic E-state index is 0. The lowest BCUT2D eigenvalue weighted by Gasteiger charge is -2.21. The van der Waals surface area contributed by atoms with Gasteiger partial charge >= 0.3 is 0 Å². The fourth-order valence-corrected chi connectivity index (χ4v) is 1.85. The van der Waals surface area contributed by atoms with Crippen molar-refractivity contribution in [2.45, 2.75) is 18.8 Å². The maximum Gasteiger partial charge on any atom is 0.111 e. The van der Waals surface area contributed by atoms with Crippen molar-refractivity contribution >= 4 is 12.4 Å². The molecule has 0 saturated carbocycles. The van der Waals surface area contributed by atoms with Gasteiger partial charge in [0.05, 0.1) is 0 Å². The summed E-state index contributed by atoms with van der Waals surface area (Å²) >= 11 is 0. The van der Waals surface area contributed by atoms with Gasteiger partial charge in [0.25, 0.3) is 0 Å². The van der Waals surface area contributed by atoms with E-state index in [0.29, 0.717) is 5.92 Å². The highest BCUT2D eigenvalue weighted by atomic mass is 35.5. The molecule has 1 fully saturated rings. The Labute approximate surface area is 85.0 Å². The number of nitrogens with zero attached hydrogens (tertiary/aromatic N) is 2. The molecule has 0 aromatic carbocycles. The molecule has 1 aliphatic heterocycles. The number of aromatic nitrogens is 2. The zero-order valence-corrected chi connectivity index (χ0v) is 8.68. The van der Waals surface area contributed by atoms with Crippen molar-refractivity contribution in [2.75, 3.05) is 13.1 Å². The molecule has 1 aromatic heterocycles. The standard InChI is InChI=1S/C9H15N3.ClH/c1-12-7-6-11-9(12)8-2-4-10-5-3-8;/h6-8,10H,2-5H2,1H3;1H. The zero-order valence-electron chi connectivity index (χ0n) is 7.86. The molecule has 0 spiro atoms. The maximum absolute atomic E-state index is 4.37. The SMILES string of the molecule is Cl.Cn1ccnc1C1CCNCC1. The summed E-state index contributed by atoms with van der Waals surface area (Å²) in [5.74, 6) is 1.92. The molecule has 0 aliphatic carbocycles. The van der Waals surface area contributed by atoms with Crippen molar-refractivity contribution < 1.29 is 0 Å². The first-order valence-electron chi connectivity index (χ1n) is 4.56. The van der Waals surface area contributed by atoms with E-state index >= 15 is 0 Å². The molecular formula is C9H16ClN3. The van der Waals surface area contributed by atoms with Crippen LogP contribution in [0, 0.1) is 0 Å². The molecule has 0 atom stereocenters. The van der Waals surface area contributed by atoms with Gasteiger partial charge < -0.3 is 9.88 Å². The Morgan fingerprint density at radius 1 is 1.46 bits per heavy atom. The molecular weight excluding hydrogens is 186 g/mol. The van der Waals surface area contributed by atoms with Crippen LogP contribution < -0.4 is 5.32 Å². The van der Waals surface area contributed by atoms with Gasteiger partial charge in [0.2, 0.25) is 0 Å². The summed E-state index contributed by atoms with van der Waals surface area (Å²) in [6, 6.07) is 0. The quantitative estimate of drug-likeness (QED) is 0.743. The normalized spacial score (nSPS) is 18.2. The Balaban J connectivity index is 0.000000845. The average Bonchev–Trinajstić information content (AvgIpc) is 2.53. The van der Waals surface area contributed by atoms with E-state index in [9.17, 15) is 0 Å². The molecule has 0 unspecified atom stereocenters. The lowest BCUT2D eigenvalue weighted by atomic mass is 9.97. The van der Waals surface area contributed by atoms with Crippen LogP contribution in [0.4, 0.5) is 0 Å². The van der Waals surface area contributed by atoms with E-state index in [4.69, 9.17) is 0 Å². The third kappa shape index (κ3) is 2.23. The molecule has 1 aliphatic rings. The molecule has 2 rings (SSSR count). The van der Waals surface area contributed by atoms with Crippen LogP contribution >= 0.6 is 12.4 Å². The molecule has 2 heterocycles. The minimum atomic E-state index is 0. The third-order valence-electron chi connectivity index (χ3n) is 2.56. The monoisotopic (exact) mass is 201 g/mol. The minimum Gasteiger partial charge on any atom is -0.338 e. The molecule has 0 amide bonds. The van der Waals surface area contributed by atoms with Crippen molar-refractivity contribution in [1.82, 2.24) is 14.9 Å². The van der Waals surface area contributed by atoms with Gasteiger partial charge in [-0.25, -0.2) is 4.98 Å². The van der Waals surface area contributed by atoms with E-state index in [2.05, 4.69) is 21.9 Å². The Kier molecular flexibility index (Phi) is 3.75. The fraction of sp³-hybridized carbons (Fsp3) is 0.667. The van der Waals surface area contributed by atoms with Gasteiger partial charge in [-0.3, -0.25) is 0 Å². The van der Waals surface area contributed by atoms with E-state index in [-0.39, 0.29) is 12.4 Å². The Morgan fingerprint density at radius 3 is 2.69 bits per heavy atom. The van der Waals surface area contributed by atoms with Crippen molar-refractivity contribution in [3.63, 3.8) is 0 Å². The molecule has 74 valence electrons. The highest BCUT2D eigenvalue weighted by Crippen LogP contribution is 2.22. The van der Waals surface area contributed by atoms with Gasteiger partial charge in [0.15, 0.2) is 0 Å². The number of halogens is 1. The van der Waals surface area contributed by atoms with Crippen LogP contribution in [0.2, 0.25) is 0 Å². The van der Waals surface area contributed by atoms with E-state index in [0.717, 1.165) is 13.1 Å². The van der Waals surface area contributed by atoms with E-state index in [1.165, 1.54) is 18.7 Å². The van der Waals surface area contributed by atoms with Crippen LogP contribution in [0.1, 0.15) is 24.6 Å². The van der Waals surface area contributed by atoms with Crippen LogP contribution in [0.25, 0.3) is 0 Å². The molecule has 4 heteroatoms. The highest BCUT2D eigenvalue weighted by molar-refractivity contribution is 5.85. The highest BCUT2D eigenvalue weighted by Gasteiger charge is 2.17. The summed E-state index contributed by atoms with van der Waals surface area (Å²) in [7, 11) is 2.07. The summed E-state index contributed by atoms with van der Waals surface area (Å²) in [5, 5.41) is 3.36. The van der Waals surface area contributed by atoms with Crippen molar-refractivity contribution in [2.24, 2.45) is 7.05 Å². The number of hydrogen-bond acceptors (Lipinski definition) is 2. The maximum atomic E-state index is 4.37. The van der Waals surface area contributed by atoms with Crippen LogP contribution in [0.15, 0.2) is 12.4 Å². The molecule has 3 nitrogen and oxygen atoms in total. The number of piperidine rings is 1. The second kappa shape index (κ2) is 4.63. The summed E-state index contributed by atoms with van der Waals surface area (Å²) in [6.45, 7) is 2.27. The van der Waals surface area contributed by atoms with E-state index in [1.807, 2.05) is 12.4 Å². The van der Waals surface area contributed by atoms with Gasteiger partial charge in [0.1, 0.15) is 5.82 Å². The Morgan fingerprint density at radius 2 is 2.15 bits per heavy atom.